The number of carbonyl (C=O) groups excluding carboxylic acids is 1. The van der Waals surface area contributed by atoms with Crippen LogP contribution in [0.15, 0.2) is 30.3 Å². The minimum absolute atomic E-state index is 0.149. The van der Waals surface area contributed by atoms with Crippen LogP contribution >= 0.6 is 0 Å². The van der Waals surface area contributed by atoms with E-state index in [1.165, 1.54) is 5.56 Å². The van der Waals surface area contributed by atoms with Crippen molar-refractivity contribution in [1.29, 1.82) is 0 Å². The molecule has 1 aromatic rings. The second kappa shape index (κ2) is 9.38. The fraction of sp³-hybridized carbons (Fsp3) is 0.650. The molecule has 136 valence electrons. The first-order chi connectivity index (χ1) is 11.1. The van der Waals surface area contributed by atoms with Gasteiger partial charge >= 0.3 is 0 Å². The van der Waals surface area contributed by atoms with Crippen molar-refractivity contribution in [1.82, 2.24) is 4.90 Å². The lowest BCUT2D eigenvalue weighted by molar-refractivity contribution is -0.129. The van der Waals surface area contributed by atoms with Gasteiger partial charge in [-0.15, -0.1) is 0 Å². The van der Waals surface area contributed by atoms with E-state index in [2.05, 4.69) is 46.0 Å². The summed E-state index contributed by atoms with van der Waals surface area (Å²) in [4.78, 5) is 13.8. The van der Waals surface area contributed by atoms with E-state index in [1.807, 2.05) is 23.1 Å². The Labute approximate surface area is 149 Å². The van der Waals surface area contributed by atoms with E-state index in [0.717, 1.165) is 32.4 Å². The van der Waals surface area contributed by atoms with Gasteiger partial charge in [0.25, 0.3) is 0 Å². The summed E-state index contributed by atoms with van der Waals surface area (Å²) in [5.41, 5.74) is 1.19. The van der Waals surface area contributed by atoms with Crippen molar-refractivity contribution >= 4 is 14.2 Å². The smallest absolute Gasteiger partial charge is 0.219 e. The van der Waals surface area contributed by atoms with Crippen LogP contribution in [-0.2, 0) is 15.8 Å². The molecule has 0 saturated heterocycles. The van der Waals surface area contributed by atoms with Gasteiger partial charge in [-0.05, 0) is 43.0 Å². The third kappa shape index (κ3) is 7.18. The van der Waals surface area contributed by atoms with Gasteiger partial charge in [0.1, 0.15) is 0 Å². The molecule has 0 aromatic heterocycles. The van der Waals surface area contributed by atoms with E-state index in [0.29, 0.717) is 6.54 Å². The van der Waals surface area contributed by atoms with Crippen molar-refractivity contribution in [2.75, 3.05) is 13.2 Å². The molecule has 0 saturated carbocycles. The number of carbonyl (C=O) groups is 1. The zero-order valence-electron chi connectivity index (χ0n) is 16.4. The minimum atomic E-state index is -1.62. The molecule has 0 N–H and O–H groups in total. The Morgan fingerprint density at radius 3 is 2.25 bits per heavy atom. The molecule has 0 unspecified atom stereocenters. The highest BCUT2D eigenvalue weighted by atomic mass is 28.4. The van der Waals surface area contributed by atoms with Crippen LogP contribution in [0.1, 0.15) is 52.5 Å². The standard InChI is InChI=1S/C20H35NO2Si/c1-18(22)21(17-19-13-9-7-10-14-19)15-11-8-12-16-23-24(5,6)20(2,3)4/h7,9-10,13-14H,8,11-12,15-17H2,1-6H3. The summed E-state index contributed by atoms with van der Waals surface area (Å²) in [6, 6.07) is 10.2. The largest absolute Gasteiger partial charge is 0.417 e. The lowest BCUT2D eigenvalue weighted by atomic mass is 10.2. The average molecular weight is 350 g/mol. The van der Waals surface area contributed by atoms with Crippen LogP contribution in [-0.4, -0.2) is 32.3 Å². The van der Waals surface area contributed by atoms with Crippen LogP contribution < -0.4 is 0 Å². The number of hydrogen-bond acceptors (Lipinski definition) is 2. The van der Waals surface area contributed by atoms with E-state index in [4.69, 9.17) is 4.43 Å². The van der Waals surface area contributed by atoms with Gasteiger partial charge in [0, 0.05) is 26.6 Å². The molecule has 3 nitrogen and oxygen atoms in total. The Bertz CT molecular complexity index is 494. The molecule has 1 aromatic carbocycles. The van der Waals surface area contributed by atoms with E-state index < -0.39 is 8.32 Å². The first-order valence-corrected chi connectivity index (χ1v) is 12.0. The SMILES string of the molecule is CC(=O)N(CCCCCO[Si](C)(C)C(C)(C)C)Cc1ccccc1. The van der Waals surface area contributed by atoms with Crippen molar-refractivity contribution < 1.29 is 9.22 Å². The first-order valence-electron chi connectivity index (χ1n) is 9.07. The quantitative estimate of drug-likeness (QED) is 0.451. The predicted molar refractivity (Wildman–Crippen MR) is 105 cm³/mol. The second-order valence-electron chi connectivity index (χ2n) is 8.10. The topological polar surface area (TPSA) is 29.5 Å². The van der Waals surface area contributed by atoms with Crippen LogP contribution in [0.3, 0.4) is 0 Å². The van der Waals surface area contributed by atoms with Gasteiger partial charge in [-0.2, -0.15) is 0 Å². The van der Waals surface area contributed by atoms with Crippen LogP contribution in [0.2, 0.25) is 18.1 Å². The summed E-state index contributed by atoms with van der Waals surface area (Å²) in [6.45, 7) is 15.4. The number of hydrogen-bond donors (Lipinski definition) is 0. The highest BCUT2D eigenvalue weighted by Gasteiger charge is 2.36. The molecule has 4 heteroatoms. The fourth-order valence-electron chi connectivity index (χ4n) is 2.28. The van der Waals surface area contributed by atoms with Crippen LogP contribution in [0.4, 0.5) is 0 Å². The van der Waals surface area contributed by atoms with Gasteiger partial charge < -0.3 is 9.33 Å². The maximum Gasteiger partial charge on any atom is 0.219 e. The molecule has 0 fully saturated rings. The zero-order valence-corrected chi connectivity index (χ0v) is 17.4. The van der Waals surface area contributed by atoms with E-state index in [1.54, 1.807) is 6.92 Å². The Morgan fingerprint density at radius 1 is 1.08 bits per heavy atom. The van der Waals surface area contributed by atoms with Gasteiger partial charge in [-0.3, -0.25) is 4.79 Å². The summed E-state index contributed by atoms with van der Waals surface area (Å²) >= 11 is 0. The molecule has 0 aliphatic carbocycles. The van der Waals surface area contributed by atoms with Crippen LogP contribution in [0.25, 0.3) is 0 Å². The van der Waals surface area contributed by atoms with Gasteiger partial charge in [0.2, 0.25) is 5.91 Å². The molecule has 1 amide bonds. The van der Waals surface area contributed by atoms with Crippen molar-refractivity contribution in [2.45, 2.75) is 71.6 Å². The molecule has 0 atom stereocenters. The molecule has 0 heterocycles. The lowest BCUT2D eigenvalue weighted by Gasteiger charge is -2.36. The maximum atomic E-state index is 11.8. The second-order valence-corrected chi connectivity index (χ2v) is 12.9. The lowest BCUT2D eigenvalue weighted by Crippen LogP contribution is -2.40. The Balaban J connectivity index is 2.28. The third-order valence-corrected chi connectivity index (χ3v) is 9.54. The molecule has 0 aliphatic heterocycles. The highest BCUT2D eigenvalue weighted by Crippen LogP contribution is 2.36. The minimum Gasteiger partial charge on any atom is -0.417 e. The number of rotatable bonds is 9. The van der Waals surface area contributed by atoms with E-state index >= 15 is 0 Å². The molecule has 0 radical (unpaired) electrons. The number of nitrogens with zero attached hydrogens (tertiary/aromatic N) is 1. The fourth-order valence-corrected chi connectivity index (χ4v) is 3.36. The third-order valence-electron chi connectivity index (χ3n) is 5.00. The van der Waals surface area contributed by atoms with Gasteiger partial charge in [0.15, 0.2) is 8.32 Å². The molecule has 0 bridgehead atoms. The van der Waals surface area contributed by atoms with Gasteiger partial charge in [-0.1, -0.05) is 51.1 Å². The summed E-state index contributed by atoms with van der Waals surface area (Å²) < 4.78 is 6.20. The maximum absolute atomic E-state index is 11.8. The summed E-state index contributed by atoms with van der Waals surface area (Å²) in [6.07, 6.45) is 3.21. The van der Waals surface area contributed by atoms with Crippen LogP contribution in [0.5, 0.6) is 0 Å². The number of amides is 1. The van der Waals surface area contributed by atoms with Crippen molar-refractivity contribution in [3.8, 4) is 0 Å². The van der Waals surface area contributed by atoms with Gasteiger partial charge in [-0.25, -0.2) is 0 Å². The molecular weight excluding hydrogens is 314 g/mol. The molecule has 0 spiro atoms. The molecular formula is C20H35NO2Si. The van der Waals surface area contributed by atoms with E-state index in [9.17, 15) is 4.79 Å². The molecule has 1 rings (SSSR count). The summed E-state index contributed by atoms with van der Waals surface area (Å²) in [5.74, 6) is 0.149. The monoisotopic (exact) mass is 349 g/mol. The number of unbranched alkanes of at least 4 members (excludes halogenated alkanes) is 2. The Kier molecular flexibility index (Phi) is 8.17. The average Bonchev–Trinajstić information content (AvgIpc) is 2.49. The Morgan fingerprint density at radius 2 is 1.71 bits per heavy atom. The normalized spacial score (nSPS) is 12.2. The first kappa shape index (κ1) is 20.9. The summed E-state index contributed by atoms with van der Waals surface area (Å²) in [5, 5.41) is 0.272. The summed E-state index contributed by atoms with van der Waals surface area (Å²) in [7, 11) is -1.62. The van der Waals surface area contributed by atoms with Crippen molar-refractivity contribution in [2.24, 2.45) is 0 Å². The highest BCUT2D eigenvalue weighted by molar-refractivity contribution is 6.74. The molecule has 24 heavy (non-hydrogen) atoms. The van der Waals surface area contributed by atoms with Crippen molar-refractivity contribution in [3.05, 3.63) is 35.9 Å². The number of benzene rings is 1. The van der Waals surface area contributed by atoms with Gasteiger partial charge in [0.05, 0.1) is 0 Å². The Hall–Kier alpha value is -1.13. The van der Waals surface area contributed by atoms with Crippen molar-refractivity contribution in [3.63, 3.8) is 0 Å². The predicted octanol–water partition coefficient (Wildman–Crippen LogP) is 5.23. The van der Waals surface area contributed by atoms with Crippen LogP contribution in [0, 0.1) is 0 Å². The molecule has 0 aliphatic rings. The van der Waals surface area contributed by atoms with E-state index in [-0.39, 0.29) is 10.9 Å². The zero-order chi connectivity index (χ0) is 18.2.